The van der Waals surface area contributed by atoms with Crippen molar-refractivity contribution in [1.29, 1.82) is 0 Å². The number of aromatic nitrogens is 2. The SMILES string of the molecule is c1cc(-c2cccc3c2oc2ccccc23)cc(-n2c3ccccc3c3cc(-c4ccc5c(c4)c4ccccc4n5-c4ccc5sc6ccccc6c5c4)ccc32)c1. The molecule has 0 aliphatic rings. The lowest BCUT2D eigenvalue weighted by Gasteiger charge is -2.11. The molecule has 13 aromatic rings. The zero-order valence-corrected chi connectivity index (χ0v) is 32.0. The Hall–Kier alpha value is -7.40. The molecule has 0 amide bonds. The van der Waals surface area contributed by atoms with Gasteiger partial charge in [0.15, 0.2) is 0 Å². The van der Waals surface area contributed by atoms with Crippen molar-refractivity contribution in [2.75, 3.05) is 0 Å². The molecule has 0 aliphatic heterocycles. The second kappa shape index (κ2) is 12.1. The van der Waals surface area contributed by atoms with Gasteiger partial charge in [-0.05, 0) is 95.6 Å². The van der Waals surface area contributed by atoms with Gasteiger partial charge in [-0.3, -0.25) is 0 Å². The van der Waals surface area contributed by atoms with Crippen LogP contribution in [0.5, 0.6) is 0 Å². The maximum absolute atomic E-state index is 6.46. The van der Waals surface area contributed by atoms with Crippen LogP contribution < -0.4 is 0 Å². The Balaban J connectivity index is 0.952. The Morgan fingerprint density at radius 2 is 0.897 bits per heavy atom. The maximum atomic E-state index is 6.46. The second-order valence-corrected chi connectivity index (χ2v) is 16.4. The maximum Gasteiger partial charge on any atom is 0.143 e. The van der Waals surface area contributed by atoms with Gasteiger partial charge in [-0.15, -0.1) is 11.3 Å². The number of fused-ring (bicyclic) bond motifs is 12. The van der Waals surface area contributed by atoms with Crippen LogP contribution in [0.4, 0.5) is 0 Å². The van der Waals surface area contributed by atoms with Gasteiger partial charge in [0.2, 0.25) is 0 Å². The Labute approximate surface area is 336 Å². The third-order valence-corrected chi connectivity index (χ3v) is 13.3. The highest BCUT2D eigenvalue weighted by Gasteiger charge is 2.18. The Bertz CT molecular complexity index is 3820. The molecule has 3 nitrogen and oxygen atoms in total. The standard InChI is InChI=1S/C54H32N2OS/c1-5-19-47-39(13-1)44-30-33(23-26-49(44)55(47)36-12-9-11-35(29-36)38-17-10-18-43-41-15-3-7-21-51(41)57-54(38)43)34-24-27-50-45(31-34)40-14-2-6-20-48(40)56(50)37-25-28-53-46(32-37)42-16-4-8-22-52(42)58-53/h1-32H. The van der Waals surface area contributed by atoms with E-state index >= 15 is 0 Å². The van der Waals surface area contributed by atoms with Crippen molar-refractivity contribution in [2.24, 2.45) is 0 Å². The molecule has 0 spiro atoms. The molecule has 0 bridgehead atoms. The summed E-state index contributed by atoms with van der Waals surface area (Å²) >= 11 is 1.86. The van der Waals surface area contributed by atoms with Crippen LogP contribution in [0.3, 0.4) is 0 Å². The van der Waals surface area contributed by atoms with Crippen LogP contribution in [-0.4, -0.2) is 9.13 Å². The summed E-state index contributed by atoms with van der Waals surface area (Å²) in [6, 6.07) is 70.8. The minimum atomic E-state index is 0.911. The number of nitrogens with zero attached hydrogens (tertiary/aromatic N) is 2. The predicted molar refractivity (Wildman–Crippen MR) is 246 cm³/mol. The quantitative estimate of drug-likeness (QED) is 0.175. The highest BCUT2D eigenvalue weighted by molar-refractivity contribution is 7.25. The van der Waals surface area contributed by atoms with Gasteiger partial charge in [-0.2, -0.15) is 0 Å². The lowest BCUT2D eigenvalue weighted by molar-refractivity contribution is 0.670. The molecule has 0 fully saturated rings. The first-order chi connectivity index (χ1) is 28.7. The average molecular weight is 757 g/mol. The summed E-state index contributed by atoms with van der Waals surface area (Å²) in [5, 5.41) is 9.88. The fourth-order valence-corrected chi connectivity index (χ4v) is 10.6. The summed E-state index contributed by atoms with van der Waals surface area (Å²) in [5.41, 5.74) is 13.5. The lowest BCUT2D eigenvalue weighted by atomic mass is 10.0. The van der Waals surface area contributed by atoms with Crippen LogP contribution in [0.25, 0.3) is 119 Å². The van der Waals surface area contributed by atoms with Gasteiger partial charge in [-0.1, -0.05) is 115 Å². The minimum absolute atomic E-state index is 0.911. The number of thiophene rings is 1. The summed E-state index contributed by atoms with van der Waals surface area (Å²) in [6.07, 6.45) is 0. The van der Waals surface area contributed by atoms with Crippen LogP contribution >= 0.6 is 11.3 Å². The van der Waals surface area contributed by atoms with Crippen molar-refractivity contribution in [3.63, 3.8) is 0 Å². The number of benzene rings is 9. The fourth-order valence-electron chi connectivity index (χ4n) is 9.50. The first-order valence-electron chi connectivity index (χ1n) is 19.7. The highest BCUT2D eigenvalue weighted by Crippen LogP contribution is 2.41. The zero-order chi connectivity index (χ0) is 37.9. The molecular formula is C54H32N2OS. The lowest BCUT2D eigenvalue weighted by Crippen LogP contribution is -1.94. The van der Waals surface area contributed by atoms with Gasteiger partial charge in [0, 0.05) is 69.4 Å². The molecule has 4 aromatic heterocycles. The fraction of sp³-hybridized carbons (Fsp3) is 0. The Morgan fingerprint density at radius 3 is 1.64 bits per heavy atom. The van der Waals surface area contributed by atoms with Gasteiger partial charge >= 0.3 is 0 Å². The molecule has 0 atom stereocenters. The Morgan fingerprint density at radius 1 is 0.328 bits per heavy atom. The van der Waals surface area contributed by atoms with Gasteiger partial charge in [0.05, 0.1) is 22.1 Å². The summed E-state index contributed by atoms with van der Waals surface area (Å²) in [6.45, 7) is 0. The first-order valence-corrected chi connectivity index (χ1v) is 20.6. The third-order valence-electron chi connectivity index (χ3n) is 12.1. The monoisotopic (exact) mass is 756 g/mol. The van der Waals surface area contributed by atoms with Crippen molar-refractivity contribution >= 4 is 97.1 Å². The van der Waals surface area contributed by atoms with E-state index in [1.165, 1.54) is 80.6 Å². The van der Waals surface area contributed by atoms with Crippen LogP contribution in [-0.2, 0) is 0 Å². The number of para-hydroxylation sites is 4. The van der Waals surface area contributed by atoms with E-state index < -0.39 is 0 Å². The van der Waals surface area contributed by atoms with Gasteiger partial charge in [0.25, 0.3) is 0 Å². The van der Waals surface area contributed by atoms with Crippen LogP contribution in [0.2, 0.25) is 0 Å². The smallest absolute Gasteiger partial charge is 0.143 e. The van der Waals surface area contributed by atoms with Crippen LogP contribution in [0, 0.1) is 0 Å². The number of rotatable bonds is 4. The minimum Gasteiger partial charge on any atom is -0.455 e. The largest absolute Gasteiger partial charge is 0.455 e. The molecule has 0 N–H and O–H groups in total. The molecule has 4 heteroatoms. The molecule has 0 saturated carbocycles. The molecule has 0 saturated heterocycles. The molecule has 270 valence electrons. The number of furan rings is 1. The first kappa shape index (κ1) is 31.8. The van der Waals surface area contributed by atoms with Crippen LogP contribution in [0.1, 0.15) is 0 Å². The highest BCUT2D eigenvalue weighted by atomic mass is 32.1. The summed E-state index contributed by atoms with van der Waals surface area (Å²) in [4.78, 5) is 0. The molecule has 0 unspecified atom stereocenters. The molecule has 58 heavy (non-hydrogen) atoms. The van der Waals surface area contributed by atoms with Crippen molar-refractivity contribution in [1.82, 2.24) is 9.13 Å². The average Bonchev–Trinajstić information content (AvgIpc) is 4.03. The molecule has 4 heterocycles. The second-order valence-electron chi connectivity index (χ2n) is 15.3. The number of hydrogen-bond acceptors (Lipinski definition) is 2. The molecule has 0 radical (unpaired) electrons. The van der Waals surface area contributed by atoms with E-state index in [1.54, 1.807) is 0 Å². The molecule has 0 aliphatic carbocycles. The molecule has 13 rings (SSSR count). The van der Waals surface area contributed by atoms with E-state index in [0.29, 0.717) is 0 Å². The van der Waals surface area contributed by atoms with E-state index in [1.807, 2.05) is 23.5 Å². The van der Waals surface area contributed by atoms with E-state index in [9.17, 15) is 0 Å². The Kier molecular flexibility index (Phi) is 6.60. The van der Waals surface area contributed by atoms with Gasteiger partial charge < -0.3 is 13.6 Å². The molecular weight excluding hydrogens is 725 g/mol. The number of hydrogen-bond donors (Lipinski definition) is 0. The van der Waals surface area contributed by atoms with E-state index in [-0.39, 0.29) is 0 Å². The van der Waals surface area contributed by atoms with Crippen molar-refractivity contribution < 1.29 is 4.42 Å². The third kappa shape index (κ3) is 4.55. The van der Waals surface area contributed by atoms with Crippen molar-refractivity contribution in [2.45, 2.75) is 0 Å². The van der Waals surface area contributed by atoms with E-state index in [4.69, 9.17) is 4.42 Å². The zero-order valence-electron chi connectivity index (χ0n) is 31.2. The summed E-state index contributed by atoms with van der Waals surface area (Å²) in [7, 11) is 0. The van der Waals surface area contributed by atoms with Crippen LogP contribution in [0.15, 0.2) is 199 Å². The normalized spacial score (nSPS) is 12.1. The van der Waals surface area contributed by atoms with Crippen molar-refractivity contribution in [3.05, 3.63) is 194 Å². The topological polar surface area (TPSA) is 23.0 Å². The van der Waals surface area contributed by atoms with Crippen molar-refractivity contribution in [3.8, 4) is 33.6 Å². The summed E-state index contributed by atoms with van der Waals surface area (Å²) in [5.74, 6) is 0. The van der Waals surface area contributed by atoms with Gasteiger partial charge in [-0.25, -0.2) is 0 Å². The van der Waals surface area contributed by atoms with E-state index in [0.717, 1.165) is 38.8 Å². The van der Waals surface area contributed by atoms with E-state index in [2.05, 4.69) is 191 Å². The molecule has 9 aromatic carbocycles. The predicted octanol–water partition coefficient (Wildman–Crippen LogP) is 15.5. The summed E-state index contributed by atoms with van der Waals surface area (Å²) < 4.78 is 13.9. The van der Waals surface area contributed by atoms with Gasteiger partial charge in [0.1, 0.15) is 11.2 Å².